The largest absolute Gasteiger partial charge is 0.388 e. The molecule has 1 unspecified atom stereocenters. The first-order chi connectivity index (χ1) is 12.4. The van der Waals surface area contributed by atoms with E-state index < -0.39 is 5.60 Å². The van der Waals surface area contributed by atoms with Crippen LogP contribution in [-0.2, 0) is 11.3 Å². The van der Waals surface area contributed by atoms with E-state index in [0.29, 0.717) is 19.5 Å². The van der Waals surface area contributed by atoms with Crippen LogP contribution in [-0.4, -0.2) is 63.2 Å². The number of piperidine rings is 1. The van der Waals surface area contributed by atoms with Crippen molar-refractivity contribution in [3.63, 3.8) is 0 Å². The molecule has 0 bridgehead atoms. The van der Waals surface area contributed by atoms with Crippen molar-refractivity contribution in [3.8, 4) is 5.69 Å². The molecule has 6 nitrogen and oxygen atoms in total. The minimum Gasteiger partial charge on any atom is -0.388 e. The monoisotopic (exact) mass is 356 g/mol. The fourth-order valence-corrected chi connectivity index (χ4v) is 3.69. The van der Waals surface area contributed by atoms with Gasteiger partial charge in [-0.25, -0.2) is 4.98 Å². The Bertz CT molecular complexity index is 756. The molecular weight excluding hydrogens is 328 g/mol. The molecule has 1 aliphatic heterocycles. The van der Waals surface area contributed by atoms with Gasteiger partial charge in [0, 0.05) is 32.9 Å². The number of nitrogens with zero attached hydrogens (tertiary/aromatic N) is 4. The van der Waals surface area contributed by atoms with Crippen molar-refractivity contribution in [1.29, 1.82) is 0 Å². The van der Waals surface area contributed by atoms with Gasteiger partial charge in [-0.05, 0) is 38.4 Å². The fraction of sp³-hybridized carbons (Fsp3) is 0.500. The summed E-state index contributed by atoms with van der Waals surface area (Å²) in [6.45, 7) is 4.12. The van der Waals surface area contributed by atoms with Crippen LogP contribution in [0.2, 0.25) is 0 Å². The van der Waals surface area contributed by atoms with E-state index in [0.717, 1.165) is 30.2 Å². The van der Waals surface area contributed by atoms with E-state index in [1.807, 2.05) is 31.3 Å². The number of rotatable bonds is 5. The second-order valence-electron chi connectivity index (χ2n) is 7.47. The zero-order valence-electron chi connectivity index (χ0n) is 15.9. The molecule has 0 aliphatic carbocycles. The third-order valence-corrected chi connectivity index (χ3v) is 5.02. The van der Waals surface area contributed by atoms with Crippen LogP contribution in [0.4, 0.5) is 0 Å². The van der Waals surface area contributed by atoms with E-state index in [-0.39, 0.29) is 12.3 Å². The Balaban J connectivity index is 1.75. The minimum atomic E-state index is -0.952. The number of β-amino-alcohol motifs (C(OH)–C–C–N with tert-alkyl or cyclic N) is 1. The quantitative estimate of drug-likeness (QED) is 0.890. The summed E-state index contributed by atoms with van der Waals surface area (Å²) < 4.78 is 2.15. The predicted octanol–water partition coefficient (Wildman–Crippen LogP) is 1.99. The normalized spacial score (nSPS) is 20.9. The fourth-order valence-electron chi connectivity index (χ4n) is 3.69. The molecule has 1 aromatic heterocycles. The van der Waals surface area contributed by atoms with Crippen LogP contribution in [0, 0.1) is 6.92 Å². The van der Waals surface area contributed by atoms with Crippen molar-refractivity contribution in [3.05, 3.63) is 48.0 Å². The Labute approximate surface area is 155 Å². The molecule has 26 heavy (non-hydrogen) atoms. The summed E-state index contributed by atoms with van der Waals surface area (Å²) >= 11 is 0. The summed E-state index contributed by atoms with van der Waals surface area (Å²) in [5.74, 6) is 0.917. The third kappa shape index (κ3) is 4.14. The van der Waals surface area contributed by atoms with Gasteiger partial charge in [0.05, 0.1) is 23.9 Å². The molecule has 1 N–H and O–H groups in total. The molecule has 1 aliphatic rings. The van der Waals surface area contributed by atoms with Crippen LogP contribution in [0.15, 0.2) is 36.5 Å². The SMILES string of the molecule is Cc1ncc(CN2CCCC(O)(CC(=O)N(C)C)C2)n1-c1ccccc1. The molecule has 0 saturated carbocycles. The lowest BCUT2D eigenvalue weighted by Crippen LogP contribution is -2.50. The Hall–Kier alpha value is -2.18. The van der Waals surface area contributed by atoms with Gasteiger partial charge in [0.25, 0.3) is 0 Å². The van der Waals surface area contributed by atoms with E-state index in [2.05, 4.69) is 26.6 Å². The summed E-state index contributed by atoms with van der Waals surface area (Å²) in [5.41, 5.74) is 1.23. The van der Waals surface area contributed by atoms with E-state index in [1.54, 1.807) is 19.0 Å². The topological polar surface area (TPSA) is 61.6 Å². The molecule has 1 atom stereocenters. The van der Waals surface area contributed by atoms with Gasteiger partial charge < -0.3 is 10.0 Å². The number of benzene rings is 1. The van der Waals surface area contributed by atoms with Gasteiger partial charge in [-0.1, -0.05) is 18.2 Å². The Morgan fingerprint density at radius 3 is 2.73 bits per heavy atom. The molecular formula is C20H28N4O2. The highest BCUT2D eigenvalue weighted by molar-refractivity contribution is 5.76. The van der Waals surface area contributed by atoms with Crippen LogP contribution < -0.4 is 0 Å². The standard InChI is InChI=1S/C20H28N4O2/c1-16-21-13-18(24(16)17-8-5-4-6-9-17)14-23-11-7-10-20(26,15-23)12-19(25)22(2)3/h4-6,8-9,13,26H,7,10-12,14-15H2,1-3H3. The number of carbonyl (C=O) groups is 1. The molecule has 2 heterocycles. The van der Waals surface area contributed by atoms with E-state index in [9.17, 15) is 9.90 Å². The van der Waals surface area contributed by atoms with Crippen LogP contribution in [0.3, 0.4) is 0 Å². The number of aromatic nitrogens is 2. The number of para-hydroxylation sites is 1. The molecule has 1 saturated heterocycles. The summed E-state index contributed by atoms with van der Waals surface area (Å²) in [4.78, 5) is 20.3. The molecule has 3 rings (SSSR count). The summed E-state index contributed by atoms with van der Waals surface area (Å²) in [5, 5.41) is 10.9. The van der Waals surface area contributed by atoms with Crippen LogP contribution in [0.5, 0.6) is 0 Å². The second-order valence-corrected chi connectivity index (χ2v) is 7.47. The van der Waals surface area contributed by atoms with Gasteiger partial charge in [0.15, 0.2) is 0 Å². The number of hydrogen-bond acceptors (Lipinski definition) is 4. The van der Waals surface area contributed by atoms with Crippen molar-refractivity contribution in [2.75, 3.05) is 27.2 Å². The summed E-state index contributed by atoms with van der Waals surface area (Å²) in [6, 6.07) is 10.2. The lowest BCUT2D eigenvalue weighted by Gasteiger charge is -2.39. The molecule has 1 amide bonds. The lowest BCUT2D eigenvalue weighted by molar-refractivity contribution is -0.136. The van der Waals surface area contributed by atoms with Crippen LogP contribution in [0.25, 0.3) is 5.69 Å². The Morgan fingerprint density at radius 1 is 1.31 bits per heavy atom. The number of carbonyl (C=O) groups excluding carboxylic acids is 1. The molecule has 0 radical (unpaired) electrons. The molecule has 1 fully saturated rings. The molecule has 140 valence electrons. The number of amides is 1. The minimum absolute atomic E-state index is 0.0282. The predicted molar refractivity (Wildman–Crippen MR) is 101 cm³/mol. The maximum Gasteiger partial charge on any atom is 0.224 e. The van der Waals surface area contributed by atoms with Crippen molar-refractivity contribution in [2.45, 2.75) is 38.3 Å². The maximum atomic E-state index is 12.1. The third-order valence-electron chi connectivity index (χ3n) is 5.02. The highest BCUT2D eigenvalue weighted by atomic mass is 16.3. The van der Waals surface area contributed by atoms with Gasteiger partial charge in [-0.2, -0.15) is 0 Å². The molecule has 0 spiro atoms. The average Bonchev–Trinajstić information content (AvgIpc) is 2.95. The molecule has 2 aromatic rings. The van der Waals surface area contributed by atoms with Crippen molar-refractivity contribution < 1.29 is 9.90 Å². The van der Waals surface area contributed by atoms with Gasteiger partial charge in [0.2, 0.25) is 5.91 Å². The first-order valence-corrected chi connectivity index (χ1v) is 9.11. The van der Waals surface area contributed by atoms with E-state index >= 15 is 0 Å². The first kappa shape index (κ1) is 18.6. The summed E-state index contributed by atoms with van der Waals surface area (Å²) in [6.07, 6.45) is 3.63. The van der Waals surface area contributed by atoms with Gasteiger partial charge >= 0.3 is 0 Å². The number of hydrogen-bond donors (Lipinski definition) is 1. The number of imidazole rings is 1. The zero-order chi connectivity index (χ0) is 18.7. The number of aliphatic hydroxyl groups is 1. The van der Waals surface area contributed by atoms with Crippen LogP contribution in [0.1, 0.15) is 30.8 Å². The van der Waals surface area contributed by atoms with Gasteiger partial charge in [-0.3, -0.25) is 14.3 Å². The van der Waals surface area contributed by atoms with Crippen molar-refractivity contribution in [1.82, 2.24) is 19.4 Å². The van der Waals surface area contributed by atoms with Gasteiger partial charge in [0.1, 0.15) is 5.82 Å². The maximum absolute atomic E-state index is 12.1. The molecule has 6 heteroatoms. The molecule has 1 aromatic carbocycles. The first-order valence-electron chi connectivity index (χ1n) is 9.11. The highest BCUT2D eigenvalue weighted by Crippen LogP contribution is 2.27. The number of likely N-dealkylation sites (tertiary alicyclic amines) is 1. The second kappa shape index (κ2) is 7.60. The zero-order valence-corrected chi connectivity index (χ0v) is 15.9. The number of aryl methyl sites for hydroxylation is 1. The Kier molecular flexibility index (Phi) is 5.44. The van der Waals surface area contributed by atoms with Gasteiger partial charge in [-0.15, -0.1) is 0 Å². The highest BCUT2D eigenvalue weighted by Gasteiger charge is 2.36. The van der Waals surface area contributed by atoms with Crippen molar-refractivity contribution >= 4 is 5.91 Å². The average molecular weight is 356 g/mol. The lowest BCUT2D eigenvalue weighted by atomic mass is 9.89. The van der Waals surface area contributed by atoms with E-state index in [1.165, 1.54) is 0 Å². The Morgan fingerprint density at radius 2 is 2.04 bits per heavy atom. The summed E-state index contributed by atoms with van der Waals surface area (Å²) in [7, 11) is 3.46. The smallest absolute Gasteiger partial charge is 0.224 e. The van der Waals surface area contributed by atoms with E-state index in [4.69, 9.17) is 0 Å². The van der Waals surface area contributed by atoms with Crippen molar-refractivity contribution in [2.24, 2.45) is 0 Å². The van der Waals surface area contributed by atoms with Crippen LogP contribution >= 0.6 is 0 Å².